The van der Waals surface area contributed by atoms with Crippen molar-refractivity contribution in [2.75, 3.05) is 11.4 Å². The summed E-state index contributed by atoms with van der Waals surface area (Å²) in [5.74, 6) is -0.600. The Kier molecular flexibility index (Phi) is 4.69. The van der Waals surface area contributed by atoms with Gasteiger partial charge in [-0.25, -0.2) is 4.90 Å². The van der Waals surface area contributed by atoms with Crippen LogP contribution in [0.4, 0.5) is 5.69 Å². The van der Waals surface area contributed by atoms with E-state index in [1.54, 1.807) is 0 Å². The summed E-state index contributed by atoms with van der Waals surface area (Å²) in [5, 5.41) is 0. The average Bonchev–Trinajstić information content (AvgIpc) is 3.49. The number of hydrogen-bond acceptors (Lipinski definition) is 3. The van der Waals surface area contributed by atoms with Crippen LogP contribution in [0.25, 0.3) is 0 Å². The Morgan fingerprint density at radius 1 is 0.688 bits per heavy atom. The molecule has 0 bridgehead atoms. The molecule has 4 heteroatoms. The maximum Gasteiger partial charge on any atom is 0.239 e. The van der Waals surface area contributed by atoms with Crippen molar-refractivity contribution >= 4 is 17.5 Å². The van der Waals surface area contributed by atoms with Crippen molar-refractivity contribution in [3.05, 3.63) is 102 Å². The van der Waals surface area contributed by atoms with Crippen LogP contribution >= 0.6 is 0 Å². The molecule has 32 heavy (non-hydrogen) atoms. The summed E-state index contributed by atoms with van der Waals surface area (Å²) < 4.78 is 0. The number of para-hydroxylation sites is 1. The van der Waals surface area contributed by atoms with Crippen LogP contribution < -0.4 is 4.90 Å². The van der Waals surface area contributed by atoms with E-state index < -0.39 is 0 Å². The minimum atomic E-state index is -0.321. The minimum Gasteiger partial charge on any atom is -0.295 e. The molecule has 3 saturated heterocycles. The van der Waals surface area contributed by atoms with E-state index in [1.807, 2.05) is 42.5 Å². The number of benzene rings is 3. The van der Waals surface area contributed by atoms with Crippen LogP contribution in [-0.2, 0) is 9.59 Å². The molecular weight excluding hydrogens is 396 g/mol. The van der Waals surface area contributed by atoms with Crippen LogP contribution in [-0.4, -0.2) is 35.3 Å². The zero-order valence-electron chi connectivity index (χ0n) is 17.9. The van der Waals surface area contributed by atoms with E-state index in [0.29, 0.717) is 5.69 Å². The van der Waals surface area contributed by atoms with Gasteiger partial charge < -0.3 is 0 Å². The highest BCUT2D eigenvalue weighted by atomic mass is 16.2. The predicted molar refractivity (Wildman–Crippen MR) is 124 cm³/mol. The lowest BCUT2D eigenvalue weighted by Gasteiger charge is -2.35. The van der Waals surface area contributed by atoms with Crippen molar-refractivity contribution in [2.45, 2.75) is 30.8 Å². The number of amides is 2. The average molecular weight is 423 g/mol. The summed E-state index contributed by atoms with van der Waals surface area (Å²) in [6.45, 7) is 0.949. The molecule has 3 heterocycles. The van der Waals surface area contributed by atoms with Gasteiger partial charge in [-0.2, -0.15) is 0 Å². The number of carbonyl (C=O) groups excluding carboxylic acids is 2. The van der Waals surface area contributed by atoms with E-state index in [1.165, 1.54) is 16.0 Å². The van der Waals surface area contributed by atoms with E-state index in [2.05, 4.69) is 53.4 Å². The topological polar surface area (TPSA) is 40.6 Å². The molecule has 3 aliphatic rings. The normalized spacial score (nSPS) is 27.2. The molecule has 6 rings (SSSR count). The Morgan fingerprint density at radius 3 is 1.81 bits per heavy atom. The van der Waals surface area contributed by atoms with Gasteiger partial charge in [0.15, 0.2) is 0 Å². The molecule has 160 valence electrons. The maximum absolute atomic E-state index is 13.9. The third-order valence-corrected chi connectivity index (χ3v) is 7.58. The van der Waals surface area contributed by atoms with Gasteiger partial charge in [0, 0.05) is 18.0 Å². The molecule has 0 saturated carbocycles. The number of rotatable bonds is 4. The van der Waals surface area contributed by atoms with Gasteiger partial charge in [-0.15, -0.1) is 0 Å². The summed E-state index contributed by atoms with van der Waals surface area (Å²) in [4.78, 5) is 31.5. The van der Waals surface area contributed by atoms with E-state index in [-0.39, 0.29) is 41.7 Å². The Balaban J connectivity index is 1.49. The Morgan fingerprint density at radius 2 is 1.22 bits per heavy atom. The van der Waals surface area contributed by atoms with E-state index in [9.17, 15) is 9.59 Å². The molecule has 0 aliphatic carbocycles. The van der Waals surface area contributed by atoms with Gasteiger partial charge in [-0.05, 0) is 42.6 Å². The van der Waals surface area contributed by atoms with Gasteiger partial charge in [0.1, 0.15) is 0 Å². The van der Waals surface area contributed by atoms with Crippen LogP contribution in [0.15, 0.2) is 91.0 Å². The summed E-state index contributed by atoms with van der Waals surface area (Å²) in [6, 6.07) is 30.5. The Bertz CT molecular complexity index is 1090. The third kappa shape index (κ3) is 2.86. The number of fused-ring (bicyclic) bond motifs is 3. The van der Waals surface area contributed by atoms with Gasteiger partial charge >= 0.3 is 0 Å². The molecule has 0 aromatic heterocycles. The number of imide groups is 1. The fraction of sp³-hybridized carbons (Fsp3) is 0.286. The fourth-order valence-corrected chi connectivity index (χ4v) is 6.39. The molecule has 4 unspecified atom stereocenters. The maximum atomic E-state index is 13.9. The fourth-order valence-electron chi connectivity index (χ4n) is 6.39. The highest BCUT2D eigenvalue weighted by molar-refractivity contribution is 6.23. The van der Waals surface area contributed by atoms with E-state index in [4.69, 9.17) is 0 Å². The van der Waals surface area contributed by atoms with E-state index in [0.717, 1.165) is 19.4 Å². The van der Waals surface area contributed by atoms with E-state index >= 15 is 0 Å². The van der Waals surface area contributed by atoms with Crippen molar-refractivity contribution in [1.82, 2.24) is 4.90 Å². The first-order valence-electron chi connectivity index (χ1n) is 11.5. The second-order valence-electron chi connectivity index (χ2n) is 9.14. The van der Waals surface area contributed by atoms with Gasteiger partial charge in [-0.3, -0.25) is 14.5 Å². The number of hydrogen-bond donors (Lipinski definition) is 0. The molecule has 3 fully saturated rings. The molecule has 0 spiro atoms. The molecule has 4 nitrogen and oxygen atoms in total. The predicted octanol–water partition coefficient (Wildman–Crippen LogP) is 4.47. The van der Waals surface area contributed by atoms with Gasteiger partial charge in [-0.1, -0.05) is 78.9 Å². The smallest absolute Gasteiger partial charge is 0.239 e. The Hall–Kier alpha value is -3.24. The standard InChI is InChI=1S/C28H26N2O2/c31-27-24-22-17-10-18-29(22)26(25(24)28(32)30(27)21-15-8-3-9-16-21)23(19-11-4-1-5-12-19)20-13-6-2-7-14-20/h1-9,11-16,22-26H,10,17-18H2. The number of carbonyl (C=O) groups is 2. The first kappa shape index (κ1) is 19.4. The lowest BCUT2D eigenvalue weighted by molar-refractivity contribution is -0.123. The molecule has 3 aliphatic heterocycles. The van der Waals surface area contributed by atoms with Crippen molar-refractivity contribution in [3.8, 4) is 0 Å². The van der Waals surface area contributed by atoms with Crippen molar-refractivity contribution in [2.24, 2.45) is 11.8 Å². The first-order chi connectivity index (χ1) is 15.8. The summed E-state index contributed by atoms with van der Waals surface area (Å²) in [5.41, 5.74) is 3.10. The summed E-state index contributed by atoms with van der Waals surface area (Å²) in [6.07, 6.45) is 2.06. The highest BCUT2D eigenvalue weighted by Crippen LogP contribution is 2.52. The van der Waals surface area contributed by atoms with Crippen LogP contribution in [0.1, 0.15) is 29.9 Å². The lowest BCUT2D eigenvalue weighted by atomic mass is 9.77. The molecule has 0 radical (unpaired) electrons. The molecule has 3 aromatic rings. The van der Waals surface area contributed by atoms with Crippen LogP contribution in [0.5, 0.6) is 0 Å². The monoisotopic (exact) mass is 422 g/mol. The SMILES string of the molecule is O=C1C2C(C(=O)N1c1ccccc1)C(C(c1ccccc1)c1ccccc1)N1CCCC21. The largest absolute Gasteiger partial charge is 0.295 e. The molecule has 0 N–H and O–H groups in total. The summed E-state index contributed by atoms with van der Waals surface area (Å²) >= 11 is 0. The summed E-state index contributed by atoms with van der Waals surface area (Å²) in [7, 11) is 0. The molecular formula is C28H26N2O2. The zero-order chi connectivity index (χ0) is 21.7. The molecule has 3 aromatic carbocycles. The van der Waals surface area contributed by atoms with Crippen molar-refractivity contribution in [3.63, 3.8) is 0 Å². The molecule has 4 atom stereocenters. The lowest BCUT2D eigenvalue weighted by Crippen LogP contribution is -2.45. The quantitative estimate of drug-likeness (QED) is 0.583. The van der Waals surface area contributed by atoms with Gasteiger partial charge in [0.25, 0.3) is 0 Å². The second kappa shape index (κ2) is 7.72. The van der Waals surface area contributed by atoms with Gasteiger partial charge in [0.2, 0.25) is 11.8 Å². The highest BCUT2D eigenvalue weighted by Gasteiger charge is 2.64. The molecule has 2 amide bonds. The minimum absolute atomic E-state index is 0.0227. The number of anilines is 1. The number of nitrogens with zero attached hydrogens (tertiary/aromatic N) is 2. The first-order valence-corrected chi connectivity index (χ1v) is 11.5. The second-order valence-corrected chi connectivity index (χ2v) is 9.14. The van der Waals surface area contributed by atoms with Crippen molar-refractivity contribution in [1.29, 1.82) is 0 Å². The van der Waals surface area contributed by atoms with Crippen LogP contribution in [0.3, 0.4) is 0 Å². The van der Waals surface area contributed by atoms with Crippen LogP contribution in [0, 0.1) is 11.8 Å². The van der Waals surface area contributed by atoms with Crippen LogP contribution in [0.2, 0.25) is 0 Å². The zero-order valence-corrected chi connectivity index (χ0v) is 17.9. The third-order valence-electron chi connectivity index (χ3n) is 7.58. The van der Waals surface area contributed by atoms with Gasteiger partial charge in [0.05, 0.1) is 17.5 Å². The Labute approximate surface area is 188 Å². The van der Waals surface area contributed by atoms with Crippen molar-refractivity contribution < 1.29 is 9.59 Å².